The van der Waals surface area contributed by atoms with Crippen molar-refractivity contribution in [3.8, 4) is 0 Å². The van der Waals surface area contributed by atoms with Crippen molar-refractivity contribution in [3.63, 3.8) is 0 Å². The summed E-state index contributed by atoms with van der Waals surface area (Å²) >= 11 is 0. The molecule has 1 aromatic rings. The van der Waals surface area contributed by atoms with E-state index in [1.807, 2.05) is 6.92 Å². The predicted octanol–water partition coefficient (Wildman–Crippen LogP) is 1.71. The van der Waals surface area contributed by atoms with Gasteiger partial charge in [0.25, 0.3) is 5.56 Å². The van der Waals surface area contributed by atoms with E-state index >= 15 is 0 Å². The van der Waals surface area contributed by atoms with Gasteiger partial charge in [-0.05, 0) is 40.3 Å². The highest BCUT2D eigenvalue weighted by atomic mass is 16.2. The molecule has 128 valence electrons. The maximum Gasteiger partial charge on any atom is 0.332 e. The summed E-state index contributed by atoms with van der Waals surface area (Å²) in [6.45, 7) is 4.69. The Balaban J connectivity index is 2.13. The maximum atomic E-state index is 12.6. The average molecular weight is 320 g/mol. The summed E-state index contributed by atoms with van der Waals surface area (Å²) in [5.41, 5.74) is 1.24. The van der Waals surface area contributed by atoms with E-state index in [4.69, 9.17) is 0 Å². The highest BCUT2D eigenvalue weighted by molar-refractivity contribution is 5.92. The Morgan fingerprint density at radius 1 is 1.26 bits per heavy atom. The van der Waals surface area contributed by atoms with Crippen molar-refractivity contribution in [1.82, 2.24) is 14.0 Å². The first kappa shape index (κ1) is 17.7. The lowest BCUT2D eigenvalue weighted by Gasteiger charge is -2.19. The van der Waals surface area contributed by atoms with Crippen LogP contribution in [-0.2, 0) is 20.0 Å². The number of fused-ring (bicyclic) bond motifs is 1. The van der Waals surface area contributed by atoms with Gasteiger partial charge >= 0.3 is 5.69 Å². The molecule has 1 aromatic heterocycles. The van der Waals surface area contributed by atoms with E-state index in [9.17, 15) is 9.59 Å². The van der Waals surface area contributed by atoms with E-state index < -0.39 is 0 Å². The van der Waals surface area contributed by atoms with Crippen LogP contribution in [-0.4, -0.2) is 39.9 Å². The second kappa shape index (κ2) is 7.25. The van der Waals surface area contributed by atoms with Crippen molar-refractivity contribution < 1.29 is 0 Å². The first-order valence-electron chi connectivity index (χ1n) is 8.42. The van der Waals surface area contributed by atoms with Crippen LogP contribution in [0.15, 0.2) is 14.6 Å². The Morgan fingerprint density at radius 2 is 1.96 bits per heavy atom. The van der Waals surface area contributed by atoms with Crippen LogP contribution in [0.1, 0.15) is 45.1 Å². The molecule has 0 N–H and O–H groups in total. The minimum Gasteiger partial charge on any atom is -0.307 e. The Labute approximate surface area is 137 Å². The fraction of sp³-hybridized carbons (Fsp3) is 0.706. The Morgan fingerprint density at radius 3 is 2.57 bits per heavy atom. The molecule has 0 unspecified atom stereocenters. The van der Waals surface area contributed by atoms with E-state index in [2.05, 4.69) is 30.9 Å². The van der Waals surface area contributed by atoms with Crippen molar-refractivity contribution in [2.75, 3.05) is 14.1 Å². The van der Waals surface area contributed by atoms with E-state index in [0.29, 0.717) is 30.4 Å². The number of aromatic nitrogens is 2. The summed E-state index contributed by atoms with van der Waals surface area (Å²) in [6, 6.07) is 0.509. The molecule has 0 saturated carbocycles. The normalized spacial score (nSPS) is 15.0. The second-order valence-corrected chi connectivity index (χ2v) is 6.62. The SMILES string of the molecule is CCC1=Nc2c(c(=O)n(CCCC[C@@H](C)N(C)C)c(=O)n2C)C1. The number of rotatable bonds is 7. The first-order valence-corrected chi connectivity index (χ1v) is 8.42. The minimum absolute atomic E-state index is 0.157. The third kappa shape index (κ3) is 3.63. The van der Waals surface area contributed by atoms with Gasteiger partial charge in [0, 0.05) is 31.8 Å². The minimum atomic E-state index is -0.254. The number of aliphatic imine (C=N–C) groups is 1. The molecule has 0 fully saturated rings. The van der Waals surface area contributed by atoms with E-state index in [1.165, 1.54) is 9.13 Å². The van der Waals surface area contributed by atoms with Crippen LogP contribution in [0.2, 0.25) is 0 Å². The van der Waals surface area contributed by atoms with Gasteiger partial charge in [0.1, 0.15) is 5.82 Å². The molecule has 0 saturated heterocycles. The van der Waals surface area contributed by atoms with Gasteiger partial charge in [-0.2, -0.15) is 0 Å². The molecule has 0 aliphatic carbocycles. The lowest BCUT2D eigenvalue weighted by atomic mass is 10.1. The molecule has 0 spiro atoms. The molecule has 2 heterocycles. The highest BCUT2D eigenvalue weighted by Gasteiger charge is 2.22. The van der Waals surface area contributed by atoms with Gasteiger partial charge in [-0.25, -0.2) is 9.79 Å². The summed E-state index contributed by atoms with van der Waals surface area (Å²) in [6.07, 6.45) is 4.30. The third-order valence-electron chi connectivity index (χ3n) is 4.80. The van der Waals surface area contributed by atoms with Crippen LogP contribution >= 0.6 is 0 Å². The van der Waals surface area contributed by atoms with Crippen molar-refractivity contribution in [1.29, 1.82) is 0 Å². The Bertz CT molecular complexity index is 713. The molecule has 1 aliphatic heterocycles. The number of nitrogens with zero attached hydrogens (tertiary/aromatic N) is 4. The van der Waals surface area contributed by atoms with Crippen LogP contribution in [0.25, 0.3) is 0 Å². The molecule has 6 nitrogen and oxygen atoms in total. The van der Waals surface area contributed by atoms with Gasteiger partial charge in [-0.15, -0.1) is 0 Å². The van der Waals surface area contributed by atoms with Crippen molar-refractivity contribution >= 4 is 11.5 Å². The van der Waals surface area contributed by atoms with Gasteiger partial charge in [0.15, 0.2) is 0 Å². The van der Waals surface area contributed by atoms with E-state index in [0.717, 1.165) is 31.4 Å². The summed E-state index contributed by atoms with van der Waals surface area (Å²) in [5, 5.41) is 0. The number of unbranched alkanes of at least 4 members (excludes halogenated alkanes) is 1. The summed E-state index contributed by atoms with van der Waals surface area (Å²) in [7, 11) is 5.83. The molecule has 23 heavy (non-hydrogen) atoms. The fourth-order valence-corrected chi connectivity index (χ4v) is 2.88. The molecule has 0 aromatic carbocycles. The molecule has 0 bridgehead atoms. The topological polar surface area (TPSA) is 59.6 Å². The highest BCUT2D eigenvalue weighted by Crippen LogP contribution is 2.22. The monoisotopic (exact) mass is 320 g/mol. The molecular formula is C17H28N4O2. The zero-order valence-corrected chi connectivity index (χ0v) is 14.9. The Kier molecular flexibility index (Phi) is 5.57. The zero-order valence-electron chi connectivity index (χ0n) is 14.9. The second-order valence-electron chi connectivity index (χ2n) is 6.62. The summed E-state index contributed by atoms with van der Waals surface area (Å²) in [4.78, 5) is 31.6. The third-order valence-corrected chi connectivity index (χ3v) is 4.80. The van der Waals surface area contributed by atoms with Crippen LogP contribution in [0.3, 0.4) is 0 Å². The van der Waals surface area contributed by atoms with Gasteiger partial charge < -0.3 is 4.90 Å². The first-order chi connectivity index (χ1) is 10.9. The van der Waals surface area contributed by atoms with Gasteiger partial charge in [-0.1, -0.05) is 13.3 Å². The zero-order chi connectivity index (χ0) is 17.1. The number of hydrogen-bond acceptors (Lipinski definition) is 4. The largest absolute Gasteiger partial charge is 0.332 e. The summed E-state index contributed by atoms with van der Waals surface area (Å²) < 4.78 is 2.90. The molecular weight excluding hydrogens is 292 g/mol. The number of hydrogen-bond donors (Lipinski definition) is 0. The van der Waals surface area contributed by atoms with Crippen LogP contribution in [0, 0.1) is 0 Å². The van der Waals surface area contributed by atoms with Gasteiger partial charge in [0.2, 0.25) is 0 Å². The molecule has 0 amide bonds. The van der Waals surface area contributed by atoms with Crippen LogP contribution in [0.4, 0.5) is 5.82 Å². The molecule has 1 atom stereocenters. The smallest absolute Gasteiger partial charge is 0.307 e. The Hall–Kier alpha value is -1.69. The van der Waals surface area contributed by atoms with Gasteiger partial charge in [0.05, 0.1) is 5.56 Å². The average Bonchev–Trinajstić information content (AvgIpc) is 2.96. The summed E-state index contributed by atoms with van der Waals surface area (Å²) in [5.74, 6) is 0.550. The van der Waals surface area contributed by atoms with Crippen molar-refractivity contribution in [2.45, 2.75) is 58.5 Å². The van der Waals surface area contributed by atoms with E-state index in [-0.39, 0.29) is 11.2 Å². The van der Waals surface area contributed by atoms with Crippen LogP contribution in [0.5, 0.6) is 0 Å². The fourth-order valence-electron chi connectivity index (χ4n) is 2.88. The molecule has 0 radical (unpaired) electrons. The molecule has 6 heteroatoms. The lowest BCUT2D eigenvalue weighted by Crippen LogP contribution is -2.40. The molecule has 1 aliphatic rings. The van der Waals surface area contributed by atoms with Crippen molar-refractivity contribution in [3.05, 3.63) is 26.4 Å². The predicted molar refractivity (Wildman–Crippen MR) is 94.0 cm³/mol. The standard InChI is InChI=1S/C17H28N4O2/c1-6-13-11-14-15(18-13)20(5)17(23)21(16(14)22)10-8-7-9-12(2)19(3)4/h12H,6-11H2,1-5H3/t12-/m1/s1. The van der Waals surface area contributed by atoms with Gasteiger partial charge in [-0.3, -0.25) is 13.9 Å². The maximum absolute atomic E-state index is 12.6. The van der Waals surface area contributed by atoms with E-state index in [1.54, 1.807) is 7.05 Å². The quantitative estimate of drug-likeness (QED) is 0.719. The molecule has 2 rings (SSSR count). The van der Waals surface area contributed by atoms with Crippen molar-refractivity contribution in [2.24, 2.45) is 12.0 Å². The van der Waals surface area contributed by atoms with Crippen LogP contribution < -0.4 is 11.2 Å². The lowest BCUT2D eigenvalue weighted by molar-refractivity contribution is 0.290.